The van der Waals surface area contributed by atoms with Crippen LogP contribution in [0.5, 0.6) is 0 Å². The summed E-state index contributed by atoms with van der Waals surface area (Å²) in [5.74, 6) is -0.748. The van der Waals surface area contributed by atoms with E-state index in [0.29, 0.717) is 13.2 Å². The quantitative estimate of drug-likeness (QED) is 0.615. The summed E-state index contributed by atoms with van der Waals surface area (Å²) in [6.07, 6.45) is -0.0897. The van der Waals surface area contributed by atoms with Gasteiger partial charge in [-0.25, -0.2) is 0 Å². The smallest absolute Gasteiger partial charge is 0.325 e. The Morgan fingerprint density at radius 2 is 2.09 bits per heavy atom. The van der Waals surface area contributed by atoms with Crippen LogP contribution in [0.15, 0.2) is 30.3 Å². The second kappa shape index (κ2) is 5.99. The van der Waals surface area contributed by atoms with E-state index in [1.165, 1.54) is 5.56 Å². The minimum Gasteiger partial charge on any atom is -0.465 e. The first-order chi connectivity index (χ1) is 10.5. The van der Waals surface area contributed by atoms with Crippen molar-refractivity contribution in [3.05, 3.63) is 35.9 Å². The zero-order valence-corrected chi connectivity index (χ0v) is 13.3. The highest BCUT2D eigenvalue weighted by atomic mass is 16.7. The topological polar surface area (TPSA) is 47.8 Å². The Balaban J connectivity index is 1.70. The third-order valence-electron chi connectivity index (χ3n) is 4.12. The van der Waals surface area contributed by atoms with Crippen molar-refractivity contribution in [2.75, 3.05) is 13.2 Å². The minimum absolute atomic E-state index is 0.0287. The molecule has 0 spiro atoms. The number of ether oxygens (including phenoxy) is 3. The molecule has 1 unspecified atom stereocenters. The lowest BCUT2D eigenvalue weighted by atomic mass is 10.2. The number of benzene rings is 1. The Bertz CT molecular complexity index is 531. The van der Waals surface area contributed by atoms with Crippen molar-refractivity contribution < 1.29 is 19.0 Å². The van der Waals surface area contributed by atoms with Crippen LogP contribution in [-0.4, -0.2) is 48.1 Å². The number of hydrogen-bond donors (Lipinski definition) is 0. The summed E-state index contributed by atoms with van der Waals surface area (Å²) in [5, 5.41) is 0. The molecule has 0 bridgehead atoms. The van der Waals surface area contributed by atoms with Crippen molar-refractivity contribution in [3.8, 4) is 0 Å². The number of rotatable bonds is 5. The highest BCUT2D eigenvalue weighted by Crippen LogP contribution is 2.39. The van der Waals surface area contributed by atoms with Crippen LogP contribution in [0.2, 0.25) is 0 Å². The fraction of sp³-hybridized carbons (Fsp3) is 0.588. The molecular formula is C17H23NO4. The SMILES string of the molecule is CCOC(=O)[C@@H]1[C@H]([C@H]2COC(C)(C)O2)N1Cc1ccccc1. The van der Waals surface area contributed by atoms with Crippen LogP contribution < -0.4 is 0 Å². The zero-order valence-electron chi connectivity index (χ0n) is 13.3. The van der Waals surface area contributed by atoms with Crippen molar-refractivity contribution in [2.45, 2.75) is 51.3 Å². The first-order valence-electron chi connectivity index (χ1n) is 7.80. The lowest BCUT2D eigenvalue weighted by Gasteiger charge is -2.17. The third kappa shape index (κ3) is 3.16. The molecule has 0 amide bonds. The predicted molar refractivity (Wildman–Crippen MR) is 81.1 cm³/mol. The van der Waals surface area contributed by atoms with Gasteiger partial charge >= 0.3 is 5.97 Å². The molecule has 120 valence electrons. The van der Waals surface area contributed by atoms with E-state index >= 15 is 0 Å². The van der Waals surface area contributed by atoms with Crippen molar-refractivity contribution >= 4 is 5.97 Å². The molecule has 4 atom stereocenters. The van der Waals surface area contributed by atoms with Gasteiger partial charge in [-0.2, -0.15) is 0 Å². The van der Waals surface area contributed by atoms with Crippen molar-refractivity contribution in [3.63, 3.8) is 0 Å². The van der Waals surface area contributed by atoms with E-state index in [4.69, 9.17) is 14.2 Å². The van der Waals surface area contributed by atoms with Gasteiger partial charge in [0, 0.05) is 6.54 Å². The molecule has 0 radical (unpaired) electrons. The second-order valence-corrected chi connectivity index (χ2v) is 6.21. The Morgan fingerprint density at radius 3 is 2.68 bits per heavy atom. The van der Waals surface area contributed by atoms with Crippen LogP contribution in [0.1, 0.15) is 26.3 Å². The Hall–Kier alpha value is -1.43. The van der Waals surface area contributed by atoms with Crippen molar-refractivity contribution in [2.24, 2.45) is 0 Å². The number of esters is 1. The second-order valence-electron chi connectivity index (χ2n) is 6.21. The fourth-order valence-corrected chi connectivity index (χ4v) is 3.10. The van der Waals surface area contributed by atoms with Crippen molar-refractivity contribution in [1.29, 1.82) is 0 Å². The van der Waals surface area contributed by atoms with Crippen LogP contribution in [0, 0.1) is 0 Å². The lowest BCUT2D eigenvalue weighted by molar-refractivity contribution is -0.145. The molecule has 0 saturated carbocycles. The summed E-state index contributed by atoms with van der Waals surface area (Å²) in [6, 6.07) is 9.92. The number of nitrogens with zero attached hydrogens (tertiary/aromatic N) is 1. The van der Waals surface area contributed by atoms with E-state index in [1.54, 1.807) is 0 Å². The molecule has 2 fully saturated rings. The van der Waals surface area contributed by atoms with Crippen LogP contribution in [-0.2, 0) is 25.5 Å². The molecule has 0 aromatic heterocycles. The maximum absolute atomic E-state index is 12.2. The maximum Gasteiger partial charge on any atom is 0.325 e. The monoisotopic (exact) mass is 305 g/mol. The van der Waals surface area contributed by atoms with Gasteiger partial charge in [0.25, 0.3) is 0 Å². The summed E-state index contributed by atoms with van der Waals surface area (Å²) in [7, 11) is 0. The molecule has 2 saturated heterocycles. The molecule has 0 N–H and O–H groups in total. The van der Waals surface area contributed by atoms with E-state index in [1.807, 2.05) is 39.0 Å². The van der Waals surface area contributed by atoms with E-state index in [0.717, 1.165) is 6.54 Å². The molecule has 0 aliphatic carbocycles. The van der Waals surface area contributed by atoms with E-state index in [9.17, 15) is 4.79 Å². The Morgan fingerprint density at radius 1 is 1.36 bits per heavy atom. The van der Waals surface area contributed by atoms with Gasteiger partial charge in [-0.05, 0) is 26.3 Å². The first-order valence-corrected chi connectivity index (χ1v) is 7.80. The van der Waals surface area contributed by atoms with Crippen LogP contribution in [0.3, 0.4) is 0 Å². The van der Waals surface area contributed by atoms with Gasteiger partial charge in [0.2, 0.25) is 0 Å². The highest BCUT2D eigenvalue weighted by Gasteiger charge is 2.59. The van der Waals surface area contributed by atoms with Gasteiger partial charge in [-0.3, -0.25) is 9.69 Å². The molecule has 2 aliphatic heterocycles. The van der Waals surface area contributed by atoms with Gasteiger partial charge in [0.05, 0.1) is 19.3 Å². The fourth-order valence-electron chi connectivity index (χ4n) is 3.10. The van der Waals surface area contributed by atoms with Crippen LogP contribution in [0.25, 0.3) is 0 Å². The number of carbonyl (C=O) groups excluding carboxylic acids is 1. The molecule has 22 heavy (non-hydrogen) atoms. The van der Waals surface area contributed by atoms with Crippen LogP contribution >= 0.6 is 0 Å². The number of hydrogen-bond acceptors (Lipinski definition) is 5. The molecule has 5 nitrogen and oxygen atoms in total. The highest BCUT2D eigenvalue weighted by molar-refractivity contribution is 5.80. The van der Waals surface area contributed by atoms with Gasteiger partial charge < -0.3 is 14.2 Å². The molecule has 5 heteroatoms. The summed E-state index contributed by atoms with van der Waals surface area (Å²) in [5.41, 5.74) is 1.18. The summed E-state index contributed by atoms with van der Waals surface area (Å²) >= 11 is 0. The molecule has 3 rings (SSSR count). The van der Waals surface area contributed by atoms with Gasteiger partial charge in [0.1, 0.15) is 12.1 Å². The molecule has 2 aliphatic rings. The molecular weight excluding hydrogens is 282 g/mol. The third-order valence-corrected chi connectivity index (χ3v) is 4.12. The summed E-state index contributed by atoms with van der Waals surface area (Å²) in [4.78, 5) is 14.3. The standard InChI is InChI=1S/C17H23NO4/c1-4-20-16(19)15-14(13-11-21-17(2,3)22-13)18(15)10-12-8-6-5-7-9-12/h5-9,13-15H,4,10-11H2,1-3H3/t13-,14+,15+,18?/m1/s1. The van der Waals surface area contributed by atoms with E-state index < -0.39 is 5.79 Å². The van der Waals surface area contributed by atoms with E-state index in [-0.39, 0.29) is 24.2 Å². The maximum atomic E-state index is 12.2. The Labute approximate surface area is 131 Å². The average molecular weight is 305 g/mol. The van der Waals surface area contributed by atoms with Crippen LogP contribution in [0.4, 0.5) is 0 Å². The largest absolute Gasteiger partial charge is 0.465 e. The molecule has 1 aromatic carbocycles. The number of carbonyl (C=O) groups is 1. The first kappa shape index (κ1) is 15.5. The van der Waals surface area contributed by atoms with Crippen molar-refractivity contribution in [1.82, 2.24) is 4.90 Å². The predicted octanol–water partition coefficient (Wildman–Crippen LogP) is 1.95. The summed E-state index contributed by atoms with van der Waals surface area (Å²) < 4.78 is 16.8. The molecule has 2 heterocycles. The van der Waals surface area contributed by atoms with Gasteiger partial charge in [0.15, 0.2) is 5.79 Å². The van der Waals surface area contributed by atoms with Gasteiger partial charge in [-0.1, -0.05) is 30.3 Å². The average Bonchev–Trinajstić information content (AvgIpc) is 3.07. The van der Waals surface area contributed by atoms with Gasteiger partial charge in [-0.15, -0.1) is 0 Å². The normalized spacial score (nSPS) is 32.7. The minimum atomic E-state index is -0.578. The summed E-state index contributed by atoms with van der Waals surface area (Å²) in [6.45, 7) is 7.25. The molecule has 1 aromatic rings. The zero-order chi connectivity index (χ0) is 15.7. The Kier molecular flexibility index (Phi) is 4.21. The lowest BCUT2D eigenvalue weighted by Crippen LogP contribution is -2.27. The van der Waals surface area contributed by atoms with E-state index in [2.05, 4.69) is 17.0 Å².